The van der Waals surface area contributed by atoms with Gasteiger partial charge in [-0.15, -0.1) is 0 Å². The highest BCUT2D eigenvalue weighted by Crippen LogP contribution is 2.14. The van der Waals surface area contributed by atoms with Crippen molar-refractivity contribution < 1.29 is 0 Å². The lowest BCUT2D eigenvalue weighted by molar-refractivity contribution is 1.20. The monoisotopic (exact) mass is 242 g/mol. The summed E-state index contributed by atoms with van der Waals surface area (Å²) in [6.45, 7) is 1.83. The van der Waals surface area contributed by atoms with E-state index in [1.807, 2.05) is 6.92 Å². The molecule has 0 aromatic carbocycles. The normalized spacial score (nSPS) is 11.3. The van der Waals surface area contributed by atoms with E-state index in [1.165, 1.54) is 7.05 Å². The van der Waals surface area contributed by atoms with Gasteiger partial charge in [0, 0.05) is 29.2 Å². The van der Waals surface area contributed by atoms with E-state index < -0.39 is 0 Å². The number of fused-ring (bicyclic) bond motifs is 1. The molecule has 0 fully saturated rings. The molecule has 1 N–H and O–H groups in total. The van der Waals surface area contributed by atoms with Gasteiger partial charge in [0.25, 0.3) is 5.56 Å². The lowest BCUT2D eigenvalue weighted by Gasteiger charge is -2.04. The highest BCUT2D eigenvalue weighted by atomic mass is 16.1. The molecule has 0 saturated carbocycles. The number of azide groups is 1. The van der Waals surface area contributed by atoms with Crippen molar-refractivity contribution in [2.75, 3.05) is 7.05 Å². The second-order valence-corrected chi connectivity index (χ2v) is 3.61. The van der Waals surface area contributed by atoms with Crippen LogP contribution in [0.25, 0.3) is 21.3 Å². The third kappa shape index (κ3) is 1.94. The molecule has 0 unspecified atom stereocenters. The fourth-order valence-corrected chi connectivity index (χ4v) is 1.70. The summed E-state index contributed by atoms with van der Waals surface area (Å²) in [7, 11) is 1.46. The van der Waals surface area contributed by atoms with E-state index in [9.17, 15) is 4.79 Å². The number of hydrogen-bond acceptors (Lipinski definition) is 3. The van der Waals surface area contributed by atoms with Crippen LogP contribution < -0.4 is 5.56 Å². The maximum Gasteiger partial charge on any atom is 0.257 e. The summed E-state index contributed by atoms with van der Waals surface area (Å²) in [5, 5.41) is 4.19. The number of aromatic amines is 1. The molecule has 2 aromatic rings. The Labute approximate surface area is 102 Å². The number of hydrogen-bond donors (Lipinski definition) is 1. The summed E-state index contributed by atoms with van der Waals surface area (Å²) in [5.74, 6) is 0.0592. The topological polar surface area (TPSA) is 107 Å². The largest absolute Gasteiger partial charge is 0.321 e. The quantitative estimate of drug-likeness (QED) is 0.271. The standard InChI is InChI=1S/C11H10N6O/c1-6-7-5-8(10(13-2)16-17-12)11(18)15-9(7)3-4-14-6/h3-5H,1-2H3,(H,15,18). The van der Waals surface area contributed by atoms with Crippen LogP contribution >= 0.6 is 0 Å². The number of amidine groups is 1. The number of aromatic nitrogens is 2. The minimum Gasteiger partial charge on any atom is -0.321 e. The molecule has 0 aliphatic carbocycles. The molecule has 2 rings (SSSR count). The lowest BCUT2D eigenvalue weighted by atomic mass is 10.1. The number of aryl methyl sites for hydroxylation is 1. The average molecular weight is 242 g/mol. The fourth-order valence-electron chi connectivity index (χ4n) is 1.70. The predicted molar refractivity (Wildman–Crippen MR) is 68.7 cm³/mol. The van der Waals surface area contributed by atoms with E-state index in [0.717, 1.165) is 11.1 Å². The lowest BCUT2D eigenvalue weighted by Crippen LogP contribution is -2.17. The van der Waals surface area contributed by atoms with Crippen LogP contribution in [0.5, 0.6) is 0 Å². The van der Waals surface area contributed by atoms with E-state index in [0.29, 0.717) is 5.52 Å². The van der Waals surface area contributed by atoms with Crippen molar-refractivity contribution in [1.29, 1.82) is 0 Å². The molecule has 2 aromatic heterocycles. The number of pyridine rings is 2. The van der Waals surface area contributed by atoms with Gasteiger partial charge in [0.15, 0.2) is 0 Å². The van der Waals surface area contributed by atoms with Gasteiger partial charge in [0.2, 0.25) is 0 Å². The summed E-state index contributed by atoms with van der Waals surface area (Å²) < 4.78 is 0. The molecule has 0 radical (unpaired) electrons. The summed E-state index contributed by atoms with van der Waals surface area (Å²) >= 11 is 0. The Balaban J connectivity index is 2.81. The molecule has 0 saturated heterocycles. The maximum atomic E-state index is 11.9. The number of H-pyrrole nitrogens is 1. The summed E-state index contributed by atoms with van der Waals surface area (Å²) in [6.07, 6.45) is 1.62. The first kappa shape index (κ1) is 11.8. The van der Waals surface area contributed by atoms with Gasteiger partial charge in [-0.25, -0.2) is 0 Å². The van der Waals surface area contributed by atoms with Gasteiger partial charge in [-0.3, -0.25) is 14.8 Å². The van der Waals surface area contributed by atoms with Crippen molar-refractivity contribution in [3.8, 4) is 0 Å². The zero-order valence-electron chi connectivity index (χ0n) is 9.88. The molecule has 90 valence electrons. The van der Waals surface area contributed by atoms with Crippen LogP contribution in [-0.2, 0) is 0 Å². The highest BCUT2D eigenvalue weighted by Gasteiger charge is 2.09. The molecule has 0 atom stereocenters. The first-order chi connectivity index (χ1) is 8.67. The summed E-state index contributed by atoms with van der Waals surface area (Å²) in [5.41, 5.74) is 9.80. The molecule has 0 aliphatic heterocycles. The van der Waals surface area contributed by atoms with Crippen LogP contribution in [0.4, 0.5) is 0 Å². The van der Waals surface area contributed by atoms with Crippen molar-refractivity contribution in [3.05, 3.63) is 50.4 Å². The van der Waals surface area contributed by atoms with Gasteiger partial charge in [0.1, 0.15) is 5.84 Å². The molecular formula is C11H10N6O. The van der Waals surface area contributed by atoms with Crippen molar-refractivity contribution in [2.45, 2.75) is 6.92 Å². The van der Waals surface area contributed by atoms with Crippen molar-refractivity contribution in [1.82, 2.24) is 9.97 Å². The molecule has 0 bridgehead atoms. The Morgan fingerprint density at radius 3 is 3.00 bits per heavy atom. The molecule has 7 nitrogen and oxygen atoms in total. The maximum absolute atomic E-state index is 11.9. The smallest absolute Gasteiger partial charge is 0.257 e. The SMILES string of the molecule is CN=C(N=[N+]=[N-])c1cc2c(C)nccc2[nH]c1=O. The van der Waals surface area contributed by atoms with Gasteiger partial charge in [-0.1, -0.05) is 0 Å². The Bertz CT molecular complexity index is 739. The molecular weight excluding hydrogens is 232 g/mol. The zero-order valence-corrected chi connectivity index (χ0v) is 9.88. The van der Waals surface area contributed by atoms with Crippen molar-refractivity contribution in [3.63, 3.8) is 0 Å². The van der Waals surface area contributed by atoms with Crippen LogP contribution in [0.1, 0.15) is 11.3 Å². The van der Waals surface area contributed by atoms with Gasteiger partial charge >= 0.3 is 0 Å². The minimum atomic E-state index is -0.346. The van der Waals surface area contributed by atoms with Crippen LogP contribution in [0.2, 0.25) is 0 Å². The molecule has 0 spiro atoms. The Morgan fingerprint density at radius 1 is 1.56 bits per heavy atom. The predicted octanol–water partition coefficient (Wildman–Crippen LogP) is 1.92. The molecule has 18 heavy (non-hydrogen) atoms. The number of nitrogens with one attached hydrogen (secondary N) is 1. The Hall–Kier alpha value is -2.66. The fraction of sp³-hybridized carbons (Fsp3) is 0.182. The van der Waals surface area contributed by atoms with Crippen LogP contribution in [0.15, 0.2) is 33.2 Å². The molecule has 7 heteroatoms. The average Bonchev–Trinajstić information content (AvgIpc) is 2.36. The third-order valence-electron chi connectivity index (χ3n) is 2.56. The number of rotatable bonds is 1. The van der Waals surface area contributed by atoms with E-state index in [-0.39, 0.29) is 17.0 Å². The second kappa shape index (κ2) is 4.68. The van der Waals surface area contributed by atoms with E-state index in [1.54, 1.807) is 18.3 Å². The van der Waals surface area contributed by atoms with E-state index >= 15 is 0 Å². The highest BCUT2D eigenvalue weighted by molar-refractivity contribution is 6.01. The summed E-state index contributed by atoms with van der Waals surface area (Å²) in [4.78, 5) is 25.2. The molecule has 0 amide bonds. The number of aliphatic imine (C=N–C) groups is 1. The first-order valence-corrected chi connectivity index (χ1v) is 5.18. The van der Waals surface area contributed by atoms with Crippen molar-refractivity contribution in [2.24, 2.45) is 10.1 Å². The van der Waals surface area contributed by atoms with Crippen LogP contribution in [0.3, 0.4) is 0 Å². The Morgan fingerprint density at radius 2 is 2.33 bits per heavy atom. The van der Waals surface area contributed by atoms with Crippen molar-refractivity contribution >= 4 is 16.7 Å². The zero-order chi connectivity index (χ0) is 13.1. The molecule has 0 aliphatic rings. The van der Waals surface area contributed by atoms with Gasteiger partial charge in [0.05, 0.1) is 11.1 Å². The van der Waals surface area contributed by atoms with Crippen LogP contribution in [0, 0.1) is 6.92 Å². The molecule has 2 heterocycles. The Kier molecular flexibility index (Phi) is 3.07. The van der Waals surface area contributed by atoms with E-state index in [4.69, 9.17) is 5.53 Å². The number of nitrogens with zero attached hydrogens (tertiary/aromatic N) is 5. The third-order valence-corrected chi connectivity index (χ3v) is 2.56. The summed E-state index contributed by atoms with van der Waals surface area (Å²) in [6, 6.07) is 3.34. The van der Waals surface area contributed by atoms with E-state index in [2.05, 4.69) is 25.0 Å². The van der Waals surface area contributed by atoms with Gasteiger partial charge in [-0.2, -0.15) is 0 Å². The van der Waals surface area contributed by atoms with Gasteiger partial charge in [-0.05, 0) is 29.7 Å². The van der Waals surface area contributed by atoms with Crippen LogP contribution in [-0.4, -0.2) is 22.9 Å². The first-order valence-electron chi connectivity index (χ1n) is 5.18. The second-order valence-electron chi connectivity index (χ2n) is 3.61. The van der Waals surface area contributed by atoms with Gasteiger partial charge < -0.3 is 4.98 Å². The minimum absolute atomic E-state index is 0.0592.